The van der Waals surface area contributed by atoms with Crippen LogP contribution in [0.2, 0.25) is 0 Å². The third kappa shape index (κ3) is 3.93. The predicted molar refractivity (Wildman–Crippen MR) is 135 cm³/mol. The predicted octanol–water partition coefficient (Wildman–Crippen LogP) is 3.21. The summed E-state index contributed by atoms with van der Waals surface area (Å²) in [6, 6.07) is 20.0. The van der Waals surface area contributed by atoms with Crippen molar-refractivity contribution >= 4 is 11.6 Å². The molecular formula is C28H31N5O2. The zero-order valence-electron chi connectivity index (χ0n) is 19.8. The summed E-state index contributed by atoms with van der Waals surface area (Å²) in [6.45, 7) is 4.27. The van der Waals surface area contributed by atoms with Crippen molar-refractivity contribution < 1.29 is 9.90 Å². The van der Waals surface area contributed by atoms with Crippen molar-refractivity contribution in [2.24, 2.45) is 5.92 Å². The van der Waals surface area contributed by atoms with Gasteiger partial charge in [0.15, 0.2) is 0 Å². The van der Waals surface area contributed by atoms with Crippen LogP contribution in [-0.2, 0) is 10.2 Å². The fraction of sp³-hybridized carbons (Fsp3) is 0.393. The Kier molecular flexibility index (Phi) is 5.65. The van der Waals surface area contributed by atoms with Gasteiger partial charge < -0.3 is 20.2 Å². The van der Waals surface area contributed by atoms with E-state index < -0.39 is 5.41 Å². The van der Waals surface area contributed by atoms with Crippen LogP contribution in [-0.4, -0.2) is 64.9 Å². The lowest BCUT2D eigenvalue weighted by Crippen LogP contribution is -2.53. The van der Waals surface area contributed by atoms with E-state index >= 15 is 0 Å². The van der Waals surface area contributed by atoms with Crippen LogP contribution in [0.4, 0.5) is 5.69 Å². The average molecular weight is 470 g/mol. The summed E-state index contributed by atoms with van der Waals surface area (Å²) >= 11 is 0. The molecule has 3 aliphatic rings. The standard InChI is InChI=1S/C28H31N5O2/c34-26-9-5-4-8-23(26)24-16-22(17-30-31-24)32-14-11-28(12-15-32,21-6-2-1-3-7-21)27(35)33-18-20-10-13-29-25(20)19-33/h1-9,16-17,20,25,29,34H,10-15,18-19H2/t20-,25+/m0/s1. The molecule has 7 nitrogen and oxygen atoms in total. The highest BCUT2D eigenvalue weighted by atomic mass is 16.3. The molecule has 35 heavy (non-hydrogen) atoms. The molecule has 0 bridgehead atoms. The molecule has 6 rings (SSSR count). The van der Waals surface area contributed by atoms with E-state index in [4.69, 9.17) is 0 Å². The van der Waals surface area contributed by atoms with Gasteiger partial charge in [0.25, 0.3) is 0 Å². The van der Waals surface area contributed by atoms with Crippen LogP contribution in [0, 0.1) is 5.92 Å². The molecule has 0 radical (unpaired) electrons. The van der Waals surface area contributed by atoms with Crippen LogP contribution in [0.5, 0.6) is 5.75 Å². The highest BCUT2D eigenvalue weighted by Gasteiger charge is 2.48. The van der Waals surface area contributed by atoms with Crippen molar-refractivity contribution in [1.29, 1.82) is 0 Å². The number of likely N-dealkylation sites (tertiary alicyclic amines) is 1. The number of aromatic hydroxyl groups is 1. The molecule has 3 saturated heterocycles. The Morgan fingerprint density at radius 3 is 2.57 bits per heavy atom. The number of phenols is 1. The second-order valence-electron chi connectivity index (χ2n) is 10.1. The van der Waals surface area contributed by atoms with Crippen LogP contribution in [0.15, 0.2) is 66.9 Å². The highest BCUT2D eigenvalue weighted by Crippen LogP contribution is 2.41. The van der Waals surface area contributed by atoms with Gasteiger partial charge in [-0.15, -0.1) is 0 Å². The fourth-order valence-corrected chi connectivity index (χ4v) is 6.20. The Morgan fingerprint density at radius 2 is 1.80 bits per heavy atom. The number of nitrogens with zero attached hydrogens (tertiary/aromatic N) is 4. The molecule has 2 N–H and O–H groups in total. The molecule has 4 heterocycles. The lowest BCUT2D eigenvalue weighted by atomic mass is 9.71. The number of carbonyl (C=O) groups excluding carboxylic acids is 1. The summed E-state index contributed by atoms with van der Waals surface area (Å²) in [5.74, 6) is 1.06. The zero-order valence-corrected chi connectivity index (χ0v) is 19.8. The zero-order chi connectivity index (χ0) is 23.8. The first-order chi connectivity index (χ1) is 17.1. The molecule has 180 valence electrons. The maximum absolute atomic E-state index is 14.1. The third-order valence-electron chi connectivity index (χ3n) is 8.19. The van der Waals surface area contributed by atoms with Gasteiger partial charge in [0.2, 0.25) is 5.91 Å². The van der Waals surface area contributed by atoms with Gasteiger partial charge in [-0.25, -0.2) is 0 Å². The van der Waals surface area contributed by atoms with Crippen LogP contribution in [0.25, 0.3) is 11.3 Å². The summed E-state index contributed by atoms with van der Waals surface area (Å²) < 4.78 is 0. The maximum Gasteiger partial charge on any atom is 0.233 e. The average Bonchev–Trinajstić information content (AvgIpc) is 3.52. The number of phenolic OH excluding ortho intramolecular Hbond substituents is 1. The number of fused-ring (bicyclic) bond motifs is 1. The van der Waals surface area contributed by atoms with Crippen LogP contribution >= 0.6 is 0 Å². The smallest absolute Gasteiger partial charge is 0.233 e. The topological polar surface area (TPSA) is 81.6 Å². The number of amides is 1. The maximum atomic E-state index is 14.1. The van der Waals surface area contributed by atoms with E-state index in [9.17, 15) is 9.90 Å². The molecule has 3 aromatic rings. The second kappa shape index (κ2) is 8.96. The number of aromatic nitrogens is 2. The van der Waals surface area contributed by atoms with Gasteiger partial charge in [0, 0.05) is 37.8 Å². The van der Waals surface area contributed by atoms with Gasteiger partial charge in [0.1, 0.15) is 5.75 Å². The molecule has 2 aromatic carbocycles. The fourth-order valence-electron chi connectivity index (χ4n) is 6.20. The Balaban J connectivity index is 1.25. The largest absolute Gasteiger partial charge is 0.507 e. The number of carbonyl (C=O) groups is 1. The number of piperidine rings is 1. The van der Waals surface area contributed by atoms with Crippen LogP contribution < -0.4 is 10.2 Å². The van der Waals surface area contributed by atoms with E-state index in [0.717, 1.165) is 63.2 Å². The van der Waals surface area contributed by atoms with Crippen molar-refractivity contribution in [3.8, 4) is 17.0 Å². The van der Waals surface area contributed by atoms with E-state index in [-0.39, 0.29) is 11.7 Å². The van der Waals surface area contributed by atoms with Crippen molar-refractivity contribution in [1.82, 2.24) is 20.4 Å². The lowest BCUT2D eigenvalue weighted by Gasteiger charge is -2.43. The molecular weight excluding hydrogens is 438 g/mol. The lowest BCUT2D eigenvalue weighted by molar-refractivity contribution is -0.137. The van der Waals surface area contributed by atoms with E-state index in [1.54, 1.807) is 18.3 Å². The van der Waals surface area contributed by atoms with Crippen molar-refractivity contribution in [2.45, 2.75) is 30.7 Å². The first-order valence-electron chi connectivity index (χ1n) is 12.6. The quantitative estimate of drug-likeness (QED) is 0.611. The normalized spacial score (nSPS) is 23.3. The van der Waals surface area contributed by atoms with E-state index in [0.29, 0.717) is 23.2 Å². The van der Waals surface area contributed by atoms with Crippen molar-refractivity contribution in [3.63, 3.8) is 0 Å². The molecule has 7 heteroatoms. The minimum absolute atomic E-state index is 0.191. The number of hydrogen-bond donors (Lipinski definition) is 2. The Bertz CT molecular complexity index is 1200. The van der Waals surface area contributed by atoms with Gasteiger partial charge in [0.05, 0.1) is 23.0 Å². The highest BCUT2D eigenvalue weighted by molar-refractivity contribution is 5.89. The summed E-state index contributed by atoms with van der Waals surface area (Å²) in [5, 5.41) is 22.3. The van der Waals surface area contributed by atoms with Gasteiger partial charge in [-0.3, -0.25) is 4.79 Å². The molecule has 3 aliphatic heterocycles. The SMILES string of the molecule is O=C(N1C[C@@H]2CCN[C@@H]2C1)C1(c2ccccc2)CCN(c2cnnc(-c3ccccc3O)c2)CC1. The number of anilines is 1. The number of hydrogen-bond acceptors (Lipinski definition) is 6. The molecule has 0 aliphatic carbocycles. The number of benzene rings is 2. The van der Waals surface area contributed by atoms with Gasteiger partial charge in [-0.05, 0) is 55.5 Å². The number of nitrogens with one attached hydrogen (secondary N) is 1. The summed E-state index contributed by atoms with van der Waals surface area (Å²) in [5.41, 5.74) is 2.90. The number of rotatable bonds is 4. The summed E-state index contributed by atoms with van der Waals surface area (Å²) in [7, 11) is 0. The molecule has 3 fully saturated rings. The Morgan fingerprint density at radius 1 is 1.03 bits per heavy atom. The molecule has 0 unspecified atom stereocenters. The first kappa shape index (κ1) is 22.0. The number of para-hydroxylation sites is 1. The van der Waals surface area contributed by atoms with Gasteiger partial charge >= 0.3 is 0 Å². The minimum atomic E-state index is -0.503. The summed E-state index contributed by atoms with van der Waals surface area (Å²) in [4.78, 5) is 18.5. The molecule has 1 amide bonds. The Hall–Kier alpha value is -3.45. The molecule has 0 spiro atoms. The van der Waals surface area contributed by atoms with Crippen LogP contribution in [0.1, 0.15) is 24.8 Å². The van der Waals surface area contributed by atoms with E-state index in [1.807, 2.05) is 36.4 Å². The van der Waals surface area contributed by atoms with E-state index in [2.05, 4.69) is 37.4 Å². The first-order valence-corrected chi connectivity index (χ1v) is 12.6. The third-order valence-corrected chi connectivity index (χ3v) is 8.19. The van der Waals surface area contributed by atoms with Gasteiger partial charge in [-0.1, -0.05) is 42.5 Å². The Labute approximate surface area is 205 Å². The molecule has 0 saturated carbocycles. The van der Waals surface area contributed by atoms with Crippen LogP contribution in [0.3, 0.4) is 0 Å². The minimum Gasteiger partial charge on any atom is -0.507 e. The molecule has 1 aromatic heterocycles. The summed E-state index contributed by atoms with van der Waals surface area (Å²) in [6.07, 6.45) is 4.44. The van der Waals surface area contributed by atoms with Gasteiger partial charge in [-0.2, -0.15) is 10.2 Å². The second-order valence-corrected chi connectivity index (χ2v) is 10.1. The monoisotopic (exact) mass is 469 g/mol. The van der Waals surface area contributed by atoms with Crippen molar-refractivity contribution in [2.75, 3.05) is 37.6 Å². The van der Waals surface area contributed by atoms with Crippen molar-refractivity contribution in [3.05, 3.63) is 72.4 Å². The van der Waals surface area contributed by atoms with E-state index in [1.165, 1.54) is 0 Å². The molecule has 2 atom stereocenters.